The molecule has 0 saturated heterocycles. The predicted molar refractivity (Wildman–Crippen MR) is 174 cm³/mol. The smallest absolute Gasteiger partial charge is 0.243 e. The van der Waals surface area contributed by atoms with E-state index in [9.17, 15) is 18.0 Å². The summed E-state index contributed by atoms with van der Waals surface area (Å²) in [5.74, 6) is -0.403. The van der Waals surface area contributed by atoms with Crippen molar-refractivity contribution in [1.82, 2.24) is 10.2 Å². The maximum atomic E-state index is 14.0. The zero-order chi connectivity index (χ0) is 30.9. The van der Waals surface area contributed by atoms with Gasteiger partial charge in [0.25, 0.3) is 0 Å². The summed E-state index contributed by atoms with van der Waals surface area (Å²) in [5.41, 5.74) is 4.35. The van der Waals surface area contributed by atoms with Crippen LogP contribution in [0.2, 0.25) is 0 Å². The lowest BCUT2D eigenvalue weighted by molar-refractivity contribution is -0.141. The predicted octanol–water partition coefficient (Wildman–Crippen LogP) is 6.17. The first-order chi connectivity index (χ1) is 19.9. The number of anilines is 1. The second kappa shape index (κ2) is 15.3. The van der Waals surface area contributed by atoms with Crippen LogP contribution in [0.4, 0.5) is 5.69 Å². The van der Waals surface area contributed by atoms with E-state index in [2.05, 4.69) is 21.2 Å². The second-order valence-corrected chi connectivity index (χ2v) is 13.7. The van der Waals surface area contributed by atoms with E-state index in [-0.39, 0.29) is 37.4 Å². The molecule has 0 heterocycles. The molecule has 0 saturated carbocycles. The highest BCUT2D eigenvalue weighted by molar-refractivity contribution is 9.10. The summed E-state index contributed by atoms with van der Waals surface area (Å²) < 4.78 is 27.9. The Morgan fingerprint density at radius 2 is 1.60 bits per heavy atom. The highest BCUT2D eigenvalue weighted by atomic mass is 79.9. The minimum Gasteiger partial charge on any atom is -0.352 e. The van der Waals surface area contributed by atoms with Crippen LogP contribution in [0, 0.1) is 13.8 Å². The first-order valence-electron chi connectivity index (χ1n) is 14.3. The highest BCUT2D eigenvalue weighted by Gasteiger charge is 2.31. The summed E-state index contributed by atoms with van der Waals surface area (Å²) in [6, 6.07) is 22.2. The first-order valence-corrected chi connectivity index (χ1v) is 17.0. The van der Waals surface area contributed by atoms with E-state index in [0.717, 1.165) is 33.1 Å². The molecule has 0 aromatic heterocycles. The molecule has 3 rings (SSSR count). The van der Waals surface area contributed by atoms with Crippen LogP contribution in [0.1, 0.15) is 55.4 Å². The average molecular weight is 657 g/mol. The van der Waals surface area contributed by atoms with Crippen LogP contribution in [-0.2, 0) is 32.6 Å². The molecule has 0 bridgehead atoms. The van der Waals surface area contributed by atoms with Crippen molar-refractivity contribution in [2.75, 3.05) is 17.1 Å². The van der Waals surface area contributed by atoms with E-state index >= 15 is 0 Å². The van der Waals surface area contributed by atoms with E-state index in [0.29, 0.717) is 18.5 Å². The van der Waals surface area contributed by atoms with Crippen molar-refractivity contribution in [3.8, 4) is 0 Å². The number of aryl methyl sites for hydroxylation is 1. The summed E-state index contributed by atoms with van der Waals surface area (Å²) in [4.78, 5) is 29.3. The average Bonchev–Trinajstić information content (AvgIpc) is 2.95. The van der Waals surface area contributed by atoms with Crippen molar-refractivity contribution in [1.29, 1.82) is 0 Å². The standard InChI is InChI=1S/C33H42BrN3O4S/c1-6-25(3)35-33(39)31(22-27-13-8-7-9-14-27)36(23-28-17-19-29(34)20-18-28)32(38)16-11-21-37(42(5,40)41)30-15-10-12-24(2)26(30)4/h7-10,12-15,17-20,25,31H,6,11,16,21-23H2,1-5H3,(H,35,39)/t25-,31+/m0/s1. The Bertz CT molecular complexity index is 1450. The Hall–Kier alpha value is -3.17. The number of amides is 2. The summed E-state index contributed by atoms with van der Waals surface area (Å²) >= 11 is 3.47. The fourth-order valence-corrected chi connectivity index (χ4v) is 6.05. The summed E-state index contributed by atoms with van der Waals surface area (Å²) in [6.07, 6.45) is 2.72. The third kappa shape index (κ3) is 9.42. The number of rotatable bonds is 14. The zero-order valence-corrected chi connectivity index (χ0v) is 27.5. The normalized spacial score (nSPS) is 12.8. The molecule has 0 unspecified atom stereocenters. The van der Waals surface area contributed by atoms with Crippen molar-refractivity contribution < 1.29 is 18.0 Å². The van der Waals surface area contributed by atoms with Gasteiger partial charge < -0.3 is 10.2 Å². The van der Waals surface area contributed by atoms with Gasteiger partial charge in [0.2, 0.25) is 21.8 Å². The Labute approximate surface area is 259 Å². The van der Waals surface area contributed by atoms with Gasteiger partial charge in [0.15, 0.2) is 0 Å². The van der Waals surface area contributed by atoms with Gasteiger partial charge in [-0.1, -0.05) is 77.5 Å². The van der Waals surface area contributed by atoms with Crippen molar-refractivity contribution >= 4 is 43.5 Å². The molecule has 226 valence electrons. The number of nitrogens with zero attached hydrogens (tertiary/aromatic N) is 2. The molecule has 7 nitrogen and oxygen atoms in total. The third-order valence-corrected chi connectivity index (χ3v) is 9.24. The van der Waals surface area contributed by atoms with Gasteiger partial charge in [-0.2, -0.15) is 0 Å². The molecule has 0 aliphatic rings. The number of nitrogens with one attached hydrogen (secondary N) is 1. The Morgan fingerprint density at radius 3 is 2.21 bits per heavy atom. The van der Waals surface area contributed by atoms with Crippen molar-refractivity contribution in [3.05, 3.63) is 99.5 Å². The molecule has 0 spiro atoms. The molecule has 0 radical (unpaired) electrons. The SMILES string of the molecule is CC[C@H](C)NC(=O)[C@@H](Cc1ccccc1)N(Cc1ccc(Br)cc1)C(=O)CCCN(c1cccc(C)c1C)S(C)(=O)=O. The third-order valence-electron chi connectivity index (χ3n) is 7.54. The largest absolute Gasteiger partial charge is 0.352 e. The summed E-state index contributed by atoms with van der Waals surface area (Å²) in [6.45, 7) is 8.21. The Morgan fingerprint density at radius 1 is 0.929 bits per heavy atom. The monoisotopic (exact) mass is 655 g/mol. The molecule has 0 aliphatic carbocycles. The van der Waals surface area contributed by atoms with Crippen LogP contribution < -0.4 is 9.62 Å². The number of carbonyl (C=O) groups is 2. The Kier molecular flexibility index (Phi) is 12.2. The van der Waals surface area contributed by atoms with Crippen LogP contribution in [0.25, 0.3) is 0 Å². The van der Waals surface area contributed by atoms with Crippen molar-refractivity contribution in [2.45, 2.75) is 72.0 Å². The second-order valence-electron chi connectivity index (χ2n) is 10.8. The lowest BCUT2D eigenvalue weighted by Crippen LogP contribution is -2.52. The van der Waals surface area contributed by atoms with Crippen LogP contribution >= 0.6 is 15.9 Å². The van der Waals surface area contributed by atoms with Gasteiger partial charge in [0, 0.05) is 36.4 Å². The van der Waals surface area contributed by atoms with Crippen LogP contribution in [0.3, 0.4) is 0 Å². The molecule has 0 fully saturated rings. The lowest BCUT2D eigenvalue weighted by Gasteiger charge is -2.33. The van der Waals surface area contributed by atoms with Gasteiger partial charge in [-0.15, -0.1) is 0 Å². The highest BCUT2D eigenvalue weighted by Crippen LogP contribution is 2.26. The first kappa shape index (κ1) is 33.3. The topological polar surface area (TPSA) is 86.8 Å². The zero-order valence-electron chi connectivity index (χ0n) is 25.1. The maximum absolute atomic E-state index is 14.0. The Balaban J connectivity index is 1.90. The lowest BCUT2D eigenvalue weighted by atomic mass is 10.0. The van der Waals surface area contributed by atoms with E-state index in [1.807, 2.05) is 94.4 Å². The van der Waals surface area contributed by atoms with Gasteiger partial charge in [0.1, 0.15) is 6.04 Å². The number of hydrogen-bond acceptors (Lipinski definition) is 4. The van der Waals surface area contributed by atoms with Crippen LogP contribution in [0.5, 0.6) is 0 Å². The fraction of sp³-hybridized carbons (Fsp3) is 0.394. The molecule has 2 amide bonds. The molecule has 0 aliphatic heterocycles. The van der Waals surface area contributed by atoms with E-state index < -0.39 is 16.1 Å². The summed E-state index contributed by atoms with van der Waals surface area (Å²) in [7, 11) is -3.58. The molecule has 2 atom stereocenters. The molecule has 3 aromatic rings. The molecular formula is C33H42BrN3O4S. The van der Waals surface area contributed by atoms with E-state index in [1.54, 1.807) is 11.0 Å². The summed E-state index contributed by atoms with van der Waals surface area (Å²) in [5, 5.41) is 3.08. The van der Waals surface area contributed by atoms with Gasteiger partial charge in [-0.25, -0.2) is 8.42 Å². The minimum atomic E-state index is -3.58. The molecule has 42 heavy (non-hydrogen) atoms. The van der Waals surface area contributed by atoms with Crippen LogP contribution in [0.15, 0.2) is 77.3 Å². The van der Waals surface area contributed by atoms with Crippen LogP contribution in [-0.4, -0.2) is 50.0 Å². The molecule has 9 heteroatoms. The van der Waals surface area contributed by atoms with Gasteiger partial charge in [-0.3, -0.25) is 13.9 Å². The molecular weight excluding hydrogens is 614 g/mol. The van der Waals surface area contributed by atoms with Crippen molar-refractivity contribution in [3.63, 3.8) is 0 Å². The van der Waals surface area contributed by atoms with Gasteiger partial charge in [-0.05, 0) is 74.1 Å². The number of carbonyl (C=O) groups excluding carboxylic acids is 2. The number of sulfonamides is 1. The minimum absolute atomic E-state index is 0.0405. The number of hydrogen-bond donors (Lipinski definition) is 1. The molecule has 1 N–H and O–H groups in total. The van der Waals surface area contributed by atoms with Gasteiger partial charge >= 0.3 is 0 Å². The number of halogens is 1. The number of benzene rings is 3. The molecule has 3 aromatic carbocycles. The van der Waals surface area contributed by atoms with E-state index in [1.165, 1.54) is 10.6 Å². The van der Waals surface area contributed by atoms with Crippen molar-refractivity contribution in [2.24, 2.45) is 0 Å². The fourth-order valence-electron chi connectivity index (χ4n) is 4.77. The van der Waals surface area contributed by atoms with E-state index in [4.69, 9.17) is 0 Å². The van der Waals surface area contributed by atoms with Gasteiger partial charge in [0.05, 0.1) is 11.9 Å². The quantitative estimate of drug-likeness (QED) is 0.225. The maximum Gasteiger partial charge on any atom is 0.243 e.